The molecule has 0 bridgehead atoms. The molecule has 0 aliphatic carbocycles. The summed E-state index contributed by atoms with van der Waals surface area (Å²) >= 11 is 0. The maximum Gasteiger partial charge on any atom is 0.321 e. The lowest BCUT2D eigenvalue weighted by molar-refractivity contribution is 0.233. The van der Waals surface area contributed by atoms with Gasteiger partial charge >= 0.3 is 6.03 Å². The number of rotatable bonds is 4. The average molecular weight is 288 g/mol. The standard InChI is InChI=1S/C14H20N6O/c21-14(16-7-10-20-8-5-15-6-9-20)19-13-17-11-3-1-2-4-12(11)18-13/h1-4,15H,5-10H2,(H3,16,17,18,19,21). The Morgan fingerprint density at radius 3 is 2.90 bits per heavy atom. The number of carbonyl (C=O) groups is 1. The van der Waals surface area contributed by atoms with E-state index in [9.17, 15) is 4.79 Å². The molecule has 0 saturated carbocycles. The molecule has 1 saturated heterocycles. The summed E-state index contributed by atoms with van der Waals surface area (Å²) in [5, 5.41) is 8.88. The van der Waals surface area contributed by atoms with Gasteiger partial charge in [0.2, 0.25) is 5.95 Å². The number of fused-ring (bicyclic) bond motifs is 1. The van der Waals surface area contributed by atoms with E-state index in [4.69, 9.17) is 0 Å². The monoisotopic (exact) mass is 288 g/mol. The summed E-state index contributed by atoms with van der Waals surface area (Å²) in [5.41, 5.74) is 1.75. The molecule has 21 heavy (non-hydrogen) atoms. The average Bonchev–Trinajstić information content (AvgIpc) is 2.90. The SMILES string of the molecule is O=C(NCCN1CCNCC1)Nc1nc2ccccc2[nH]1. The lowest BCUT2D eigenvalue weighted by Gasteiger charge is -2.27. The lowest BCUT2D eigenvalue weighted by atomic mass is 10.3. The van der Waals surface area contributed by atoms with E-state index in [-0.39, 0.29) is 6.03 Å². The highest BCUT2D eigenvalue weighted by molar-refractivity contribution is 5.89. The third kappa shape index (κ3) is 3.71. The first-order valence-corrected chi connectivity index (χ1v) is 7.24. The minimum atomic E-state index is -0.232. The van der Waals surface area contributed by atoms with Crippen molar-refractivity contribution in [2.24, 2.45) is 0 Å². The summed E-state index contributed by atoms with van der Waals surface area (Å²) in [6, 6.07) is 7.44. The van der Waals surface area contributed by atoms with Gasteiger partial charge in [-0.15, -0.1) is 0 Å². The molecule has 0 unspecified atom stereocenters. The zero-order chi connectivity index (χ0) is 14.5. The van der Waals surface area contributed by atoms with Gasteiger partial charge in [-0.25, -0.2) is 9.78 Å². The van der Waals surface area contributed by atoms with Gasteiger partial charge in [0.15, 0.2) is 0 Å². The van der Waals surface area contributed by atoms with E-state index in [0.717, 1.165) is 43.8 Å². The summed E-state index contributed by atoms with van der Waals surface area (Å²) in [7, 11) is 0. The van der Waals surface area contributed by atoms with Crippen LogP contribution in [0.1, 0.15) is 0 Å². The Hall–Kier alpha value is -2.12. The Labute approximate surface area is 123 Å². The Morgan fingerprint density at radius 1 is 1.29 bits per heavy atom. The van der Waals surface area contributed by atoms with Gasteiger partial charge in [-0.1, -0.05) is 12.1 Å². The van der Waals surface area contributed by atoms with Crippen LogP contribution in [0.4, 0.5) is 10.7 Å². The topological polar surface area (TPSA) is 85.1 Å². The van der Waals surface area contributed by atoms with E-state index >= 15 is 0 Å². The van der Waals surface area contributed by atoms with Crippen LogP contribution in [-0.2, 0) is 0 Å². The molecule has 1 aromatic heterocycles. The van der Waals surface area contributed by atoms with Gasteiger partial charge in [-0.05, 0) is 12.1 Å². The second-order valence-electron chi connectivity index (χ2n) is 5.08. The molecule has 7 nitrogen and oxygen atoms in total. The van der Waals surface area contributed by atoms with Crippen molar-refractivity contribution in [3.05, 3.63) is 24.3 Å². The number of para-hydroxylation sites is 2. The van der Waals surface area contributed by atoms with Crippen LogP contribution in [0.15, 0.2) is 24.3 Å². The molecule has 2 aromatic rings. The number of hydrogen-bond donors (Lipinski definition) is 4. The number of anilines is 1. The van der Waals surface area contributed by atoms with Gasteiger partial charge in [0.25, 0.3) is 0 Å². The van der Waals surface area contributed by atoms with Gasteiger partial charge in [0, 0.05) is 39.3 Å². The number of hydrogen-bond acceptors (Lipinski definition) is 4. The molecule has 0 radical (unpaired) electrons. The van der Waals surface area contributed by atoms with E-state index in [2.05, 4.69) is 30.8 Å². The van der Waals surface area contributed by atoms with Crippen LogP contribution >= 0.6 is 0 Å². The summed E-state index contributed by atoms with van der Waals surface area (Å²) in [5.74, 6) is 0.468. The zero-order valence-corrected chi connectivity index (χ0v) is 11.9. The number of aromatic amines is 1. The van der Waals surface area contributed by atoms with Gasteiger partial charge in [-0.3, -0.25) is 10.2 Å². The smallest absolute Gasteiger partial charge is 0.321 e. The second kappa shape index (κ2) is 6.55. The number of amides is 2. The fourth-order valence-corrected chi connectivity index (χ4v) is 2.43. The van der Waals surface area contributed by atoms with Crippen LogP contribution in [-0.4, -0.2) is 60.2 Å². The molecular formula is C14H20N6O. The molecule has 7 heteroatoms. The number of carbonyl (C=O) groups excluding carboxylic acids is 1. The van der Waals surface area contributed by atoms with Crippen molar-refractivity contribution in [1.29, 1.82) is 0 Å². The summed E-state index contributed by atoms with van der Waals surface area (Å²) in [4.78, 5) is 21.5. The summed E-state index contributed by atoms with van der Waals surface area (Å²) < 4.78 is 0. The Bertz CT molecular complexity index is 571. The van der Waals surface area contributed by atoms with Crippen LogP contribution in [0, 0.1) is 0 Å². The zero-order valence-electron chi connectivity index (χ0n) is 11.9. The number of urea groups is 1. The number of aromatic nitrogens is 2. The highest BCUT2D eigenvalue weighted by atomic mass is 16.2. The maximum absolute atomic E-state index is 11.8. The molecule has 1 aliphatic heterocycles. The predicted octanol–water partition coefficient (Wildman–Crippen LogP) is 0.590. The molecule has 1 aliphatic rings. The number of H-pyrrole nitrogens is 1. The third-order valence-electron chi connectivity index (χ3n) is 3.54. The molecule has 0 spiro atoms. The number of nitrogens with one attached hydrogen (secondary N) is 4. The highest BCUT2D eigenvalue weighted by Gasteiger charge is 2.10. The molecule has 3 rings (SSSR count). The van der Waals surface area contributed by atoms with Crippen molar-refractivity contribution in [3.8, 4) is 0 Å². The number of nitrogens with zero attached hydrogens (tertiary/aromatic N) is 2. The van der Waals surface area contributed by atoms with Crippen LogP contribution in [0.25, 0.3) is 11.0 Å². The molecule has 2 heterocycles. The Kier molecular flexibility index (Phi) is 4.32. The number of imidazole rings is 1. The fourth-order valence-electron chi connectivity index (χ4n) is 2.43. The highest BCUT2D eigenvalue weighted by Crippen LogP contribution is 2.12. The minimum Gasteiger partial charge on any atom is -0.337 e. The van der Waals surface area contributed by atoms with Crippen LogP contribution in [0.3, 0.4) is 0 Å². The van der Waals surface area contributed by atoms with Crippen molar-refractivity contribution in [2.75, 3.05) is 44.6 Å². The van der Waals surface area contributed by atoms with Crippen molar-refractivity contribution < 1.29 is 4.79 Å². The van der Waals surface area contributed by atoms with Crippen LogP contribution in [0.2, 0.25) is 0 Å². The molecule has 112 valence electrons. The first-order chi connectivity index (χ1) is 10.3. The normalized spacial score (nSPS) is 16.0. The Morgan fingerprint density at radius 2 is 2.10 bits per heavy atom. The number of benzene rings is 1. The van der Waals surface area contributed by atoms with E-state index < -0.39 is 0 Å². The van der Waals surface area contributed by atoms with Gasteiger partial charge < -0.3 is 15.6 Å². The lowest BCUT2D eigenvalue weighted by Crippen LogP contribution is -2.46. The maximum atomic E-state index is 11.8. The van der Waals surface area contributed by atoms with Crippen LogP contribution < -0.4 is 16.0 Å². The van der Waals surface area contributed by atoms with Gasteiger partial charge in [-0.2, -0.15) is 0 Å². The largest absolute Gasteiger partial charge is 0.337 e. The van der Waals surface area contributed by atoms with Gasteiger partial charge in [0.05, 0.1) is 11.0 Å². The van der Waals surface area contributed by atoms with E-state index in [1.54, 1.807) is 0 Å². The number of piperazine rings is 1. The molecular weight excluding hydrogens is 268 g/mol. The minimum absolute atomic E-state index is 0.232. The quantitative estimate of drug-likeness (QED) is 0.663. The Balaban J connectivity index is 1.45. The van der Waals surface area contributed by atoms with Crippen molar-refractivity contribution in [1.82, 2.24) is 25.5 Å². The van der Waals surface area contributed by atoms with Crippen molar-refractivity contribution in [3.63, 3.8) is 0 Å². The fraction of sp³-hybridized carbons (Fsp3) is 0.429. The van der Waals surface area contributed by atoms with Crippen molar-refractivity contribution in [2.45, 2.75) is 0 Å². The molecule has 1 fully saturated rings. The first kappa shape index (κ1) is 13.8. The van der Waals surface area contributed by atoms with Crippen molar-refractivity contribution >= 4 is 23.0 Å². The second-order valence-corrected chi connectivity index (χ2v) is 5.08. The van der Waals surface area contributed by atoms with E-state index in [1.807, 2.05) is 24.3 Å². The molecule has 2 amide bonds. The van der Waals surface area contributed by atoms with Crippen LogP contribution in [0.5, 0.6) is 0 Å². The summed E-state index contributed by atoms with van der Waals surface area (Å²) in [6.07, 6.45) is 0. The molecule has 1 aromatic carbocycles. The third-order valence-corrected chi connectivity index (χ3v) is 3.54. The van der Waals surface area contributed by atoms with Gasteiger partial charge in [0.1, 0.15) is 0 Å². The molecule has 0 atom stereocenters. The summed E-state index contributed by atoms with van der Waals surface area (Å²) in [6.45, 7) is 5.61. The molecule has 4 N–H and O–H groups in total. The predicted molar refractivity (Wildman–Crippen MR) is 82.4 cm³/mol. The van der Waals surface area contributed by atoms with E-state index in [1.165, 1.54) is 0 Å². The first-order valence-electron chi connectivity index (χ1n) is 7.24. The van der Waals surface area contributed by atoms with E-state index in [0.29, 0.717) is 12.5 Å².